The molecule has 1 unspecified atom stereocenters. The highest BCUT2D eigenvalue weighted by Crippen LogP contribution is 2.26. The Hall–Kier alpha value is -3.38. The summed E-state index contributed by atoms with van der Waals surface area (Å²) in [4.78, 5) is 25.4. The number of ether oxygens (including phenoxy) is 1. The zero-order valence-electron chi connectivity index (χ0n) is 19.0. The van der Waals surface area contributed by atoms with Crippen molar-refractivity contribution >= 4 is 40.4 Å². The summed E-state index contributed by atoms with van der Waals surface area (Å²) in [6, 6.07) is 17.6. The molecule has 0 saturated heterocycles. The van der Waals surface area contributed by atoms with Gasteiger partial charge in [-0.3, -0.25) is 9.59 Å². The minimum atomic E-state index is -0.756. The molecule has 3 rings (SSSR count). The molecule has 0 aromatic heterocycles. The lowest BCUT2D eigenvalue weighted by Crippen LogP contribution is -2.48. The predicted molar refractivity (Wildman–Crippen MR) is 133 cm³/mol. The lowest BCUT2D eigenvalue weighted by atomic mass is 10.0. The van der Waals surface area contributed by atoms with Crippen LogP contribution in [0, 0.1) is 5.92 Å². The third-order valence-corrected chi connectivity index (χ3v) is 5.35. The Kier molecular flexibility index (Phi) is 8.44. The lowest BCUT2D eigenvalue weighted by molar-refractivity contribution is -0.123. The first-order valence-electron chi connectivity index (χ1n) is 10.9. The van der Waals surface area contributed by atoms with E-state index in [-0.39, 0.29) is 11.8 Å². The molecule has 0 aliphatic heterocycles. The highest BCUT2D eigenvalue weighted by Gasteiger charge is 2.24. The molecule has 0 aliphatic rings. The fourth-order valence-electron chi connectivity index (χ4n) is 3.34. The number of amides is 2. The topological polar surface area (TPSA) is 79.8 Å². The summed E-state index contributed by atoms with van der Waals surface area (Å²) >= 11 is 5.89. The van der Waals surface area contributed by atoms with Crippen molar-refractivity contribution in [2.45, 2.75) is 33.2 Å². The van der Waals surface area contributed by atoms with E-state index in [0.717, 1.165) is 22.8 Å². The summed E-state index contributed by atoms with van der Waals surface area (Å²) < 4.78 is 5.88. The molecule has 172 valence electrons. The van der Waals surface area contributed by atoms with Crippen molar-refractivity contribution in [3.63, 3.8) is 0 Å². The van der Waals surface area contributed by atoms with Gasteiger partial charge in [-0.15, -0.1) is 0 Å². The van der Waals surface area contributed by atoms with Gasteiger partial charge in [0.05, 0.1) is 12.8 Å². The first-order valence-corrected chi connectivity index (χ1v) is 11.3. The third-order valence-electron chi connectivity index (χ3n) is 5.10. The second-order valence-electron chi connectivity index (χ2n) is 7.98. The lowest BCUT2D eigenvalue weighted by Gasteiger charge is -2.20. The first kappa shape index (κ1) is 24.3. The molecule has 7 heteroatoms. The van der Waals surface area contributed by atoms with Crippen LogP contribution in [0.25, 0.3) is 10.8 Å². The number of halogens is 1. The molecule has 6 nitrogen and oxygen atoms in total. The second kappa shape index (κ2) is 11.5. The number of fused-ring (bicyclic) bond motifs is 1. The van der Waals surface area contributed by atoms with E-state index in [1.807, 2.05) is 57.2 Å². The molecule has 2 N–H and O–H groups in total. The monoisotopic (exact) mass is 465 g/mol. The van der Waals surface area contributed by atoms with Gasteiger partial charge >= 0.3 is 0 Å². The van der Waals surface area contributed by atoms with Crippen LogP contribution in [0.5, 0.6) is 5.75 Å². The number of hydrazone groups is 1. The van der Waals surface area contributed by atoms with E-state index in [4.69, 9.17) is 16.3 Å². The minimum Gasteiger partial charge on any atom is -0.493 e. The average molecular weight is 466 g/mol. The van der Waals surface area contributed by atoms with Gasteiger partial charge in [-0.2, -0.15) is 5.10 Å². The summed E-state index contributed by atoms with van der Waals surface area (Å²) in [5.41, 5.74) is 3.78. The maximum absolute atomic E-state index is 12.8. The van der Waals surface area contributed by atoms with Gasteiger partial charge in [0.15, 0.2) is 0 Å². The second-order valence-corrected chi connectivity index (χ2v) is 8.42. The first-order chi connectivity index (χ1) is 15.9. The molecule has 0 spiro atoms. The molecular formula is C26H28ClN3O3. The molecule has 3 aromatic rings. The van der Waals surface area contributed by atoms with Gasteiger partial charge in [-0.05, 0) is 53.4 Å². The van der Waals surface area contributed by atoms with E-state index < -0.39 is 11.9 Å². The van der Waals surface area contributed by atoms with Crippen LogP contribution in [0.15, 0.2) is 65.8 Å². The van der Waals surface area contributed by atoms with Crippen molar-refractivity contribution in [1.29, 1.82) is 0 Å². The molecule has 1 atom stereocenters. The Morgan fingerprint density at radius 3 is 2.48 bits per heavy atom. The van der Waals surface area contributed by atoms with Crippen molar-refractivity contribution < 1.29 is 14.3 Å². The molecule has 0 fully saturated rings. The molecule has 0 radical (unpaired) electrons. The van der Waals surface area contributed by atoms with Gasteiger partial charge in [0.1, 0.15) is 11.8 Å². The van der Waals surface area contributed by atoms with Crippen LogP contribution < -0.4 is 15.5 Å². The Balaban J connectivity index is 1.76. The van der Waals surface area contributed by atoms with E-state index >= 15 is 0 Å². The van der Waals surface area contributed by atoms with Crippen LogP contribution in [0.2, 0.25) is 5.02 Å². The molecule has 0 bridgehead atoms. The molecule has 33 heavy (non-hydrogen) atoms. The van der Waals surface area contributed by atoms with Crippen LogP contribution in [-0.4, -0.2) is 30.7 Å². The molecular weight excluding hydrogens is 438 g/mol. The molecule has 0 heterocycles. The van der Waals surface area contributed by atoms with Gasteiger partial charge < -0.3 is 10.1 Å². The van der Waals surface area contributed by atoms with Crippen molar-refractivity contribution in [1.82, 2.24) is 10.7 Å². The number of carbonyl (C=O) groups is 2. The number of rotatable bonds is 9. The molecule has 2 amide bonds. The fourth-order valence-corrected chi connectivity index (χ4v) is 3.46. The Morgan fingerprint density at radius 2 is 1.79 bits per heavy atom. The summed E-state index contributed by atoms with van der Waals surface area (Å²) in [7, 11) is 0. The predicted octanol–water partition coefficient (Wildman–Crippen LogP) is 5.19. The normalized spacial score (nSPS) is 12.2. The fraction of sp³-hybridized carbons (Fsp3) is 0.269. The average Bonchev–Trinajstić information content (AvgIpc) is 2.81. The van der Waals surface area contributed by atoms with Crippen LogP contribution >= 0.6 is 11.6 Å². The number of hydrogen-bond acceptors (Lipinski definition) is 4. The largest absolute Gasteiger partial charge is 0.493 e. The Labute approximate surface area is 199 Å². The maximum atomic E-state index is 12.8. The summed E-state index contributed by atoms with van der Waals surface area (Å²) in [6.45, 7) is 6.34. The summed E-state index contributed by atoms with van der Waals surface area (Å²) in [5.74, 6) is -0.198. The van der Waals surface area contributed by atoms with Crippen molar-refractivity contribution in [2.75, 3.05) is 6.61 Å². The van der Waals surface area contributed by atoms with Crippen LogP contribution in [0.4, 0.5) is 0 Å². The highest BCUT2D eigenvalue weighted by molar-refractivity contribution is 6.30. The van der Waals surface area contributed by atoms with Crippen LogP contribution in [0.3, 0.4) is 0 Å². The van der Waals surface area contributed by atoms with E-state index in [9.17, 15) is 9.59 Å². The van der Waals surface area contributed by atoms with Crippen LogP contribution in [0.1, 0.15) is 43.1 Å². The van der Waals surface area contributed by atoms with Crippen LogP contribution in [-0.2, 0) is 4.79 Å². The van der Waals surface area contributed by atoms with E-state index in [2.05, 4.69) is 15.8 Å². The van der Waals surface area contributed by atoms with Gasteiger partial charge in [0.2, 0.25) is 0 Å². The van der Waals surface area contributed by atoms with Crippen molar-refractivity contribution in [3.05, 3.63) is 76.8 Å². The molecule has 0 aliphatic carbocycles. The zero-order valence-corrected chi connectivity index (χ0v) is 19.7. The number of nitrogens with zero attached hydrogens (tertiary/aromatic N) is 1. The summed E-state index contributed by atoms with van der Waals surface area (Å²) in [5, 5.41) is 9.51. The minimum absolute atomic E-state index is 0.141. The zero-order chi connectivity index (χ0) is 23.8. The smallest absolute Gasteiger partial charge is 0.262 e. The number of carbonyl (C=O) groups excluding carboxylic acids is 2. The SMILES string of the molecule is CCCOc1ccc2ccccc2c1/C=N/NC(=O)C(NC(=O)c1ccc(Cl)cc1)C(C)C. The summed E-state index contributed by atoms with van der Waals surface area (Å²) in [6.07, 6.45) is 2.47. The molecule has 3 aromatic carbocycles. The quantitative estimate of drug-likeness (QED) is 0.337. The van der Waals surface area contributed by atoms with Gasteiger partial charge in [-0.1, -0.05) is 62.7 Å². The van der Waals surface area contributed by atoms with E-state index in [0.29, 0.717) is 22.9 Å². The van der Waals surface area contributed by atoms with E-state index in [1.54, 1.807) is 30.5 Å². The van der Waals surface area contributed by atoms with E-state index in [1.165, 1.54) is 0 Å². The highest BCUT2D eigenvalue weighted by atomic mass is 35.5. The maximum Gasteiger partial charge on any atom is 0.262 e. The van der Waals surface area contributed by atoms with Gasteiger partial charge in [-0.25, -0.2) is 5.43 Å². The number of hydrogen-bond donors (Lipinski definition) is 2. The standard InChI is InChI=1S/C26H28ClN3O3/c1-4-15-33-23-14-11-18-7-5-6-8-21(18)22(23)16-28-30-26(32)24(17(2)3)29-25(31)19-9-12-20(27)13-10-19/h5-14,16-17,24H,4,15H2,1-3H3,(H,29,31)(H,30,32)/b28-16+. The Bertz CT molecular complexity index is 1140. The van der Waals surface area contributed by atoms with Gasteiger partial charge in [0, 0.05) is 16.1 Å². The molecule has 0 saturated carbocycles. The Morgan fingerprint density at radius 1 is 1.06 bits per heavy atom. The van der Waals surface area contributed by atoms with Gasteiger partial charge in [0.25, 0.3) is 11.8 Å². The third kappa shape index (κ3) is 6.33. The number of benzene rings is 3. The van der Waals surface area contributed by atoms with Crippen molar-refractivity contribution in [3.8, 4) is 5.75 Å². The number of nitrogens with one attached hydrogen (secondary N) is 2. The van der Waals surface area contributed by atoms with Crippen molar-refractivity contribution in [2.24, 2.45) is 11.0 Å².